The smallest absolute Gasteiger partial charge is 0.0785 e. The van der Waals surface area contributed by atoms with Gasteiger partial charge in [0.15, 0.2) is 0 Å². The summed E-state index contributed by atoms with van der Waals surface area (Å²) >= 11 is 0. The van der Waals surface area contributed by atoms with Gasteiger partial charge in [-0.25, -0.2) is 0 Å². The molecule has 0 unspecified atom stereocenters. The molecular formula is C8H17N3O. The quantitative estimate of drug-likeness (QED) is 0.595. The highest BCUT2D eigenvalue weighted by molar-refractivity contribution is 5.77. The third-order valence-corrected chi connectivity index (χ3v) is 1.25. The monoisotopic (exact) mass is 171 g/mol. The van der Waals surface area contributed by atoms with E-state index in [4.69, 9.17) is 16.2 Å². The number of rotatable bonds is 4. The van der Waals surface area contributed by atoms with Crippen LogP contribution < -0.4 is 11.5 Å². The van der Waals surface area contributed by atoms with Crippen LogP contribution in [-0.2, 0) is 4.74 Å². The van der Waals surface area contributed by atoms with Gasteiger partial charge in [-0.1, -0.05) is 0 Å². The third-order valence-electron chi connectivity index (χ3n) is 1.25. The molecule has 12 heavy (non-hydrogen) atoms. The number of nitrogens with two attached hydrogens (primary N) is 2. The molecule has 0 heterocycles. The van der Waals surface area contributed by atoms with Gasteiger partial charge in [-0.15, -0.1) is 0 Å². The Morgan fingerprint density at radius 1 is 1.58 bits per heavy atom. The predicted octanol–water partition coefficient (Wildman–Crippen LogP) is 0.241. The molecule has 0 aliphatic heterocycles. The lowest BCUT2D eigenvalue weighted by Crippen LogP contribution is -2.24. The van der Waals surface area contributed by atoms with Crippen LogP contribution in [0.4, 0.5) is 0 Å². The van der Waals surface area contributed by atoms with Crippen molar-refractivity contribution in [3.63, 3.8) is 0 Å². The molecule has 0 aliphatic carbocycles. The van der Waals surface area contributed by atoms with Gasteiger partial charge in [0.2, 0.25) is 0 Å². The van der Waals surface area contributed by atoms with Crippen LogP contribution in [0, 0.1) is 0 Å². The van der Waals surface area contributed by atoms with Gasteiger partial charge in [-0.05, 0) is 13.8 Å². The van der Waals surface area contributed by atoms with E-state index in [-0.39, 0.29) is 5.54 Å². The molecule has 4 nitrogen and oxygen atoms in total. The summed E-state index contributed by atoms with van der Waals surface area (Å²) in [6.45, 7) is 4.47. The summed E-state index contributed by atoms with van der Waals surface area (Å²) < 4.78 is 4.97. The highest BCUT2D eigenvalue weighted by Gasteiger charge is 2.13. The fraction of sp³-hybridized carbons (Fsp3) is 0.625. The van der Waals surface area contributed by atoms with Crippen molar-refractivity contribution in [3.05, 3.63) is 11.9 Å². The molecule has 4 N–H and O–H groups in total. The number of allylic oxidation sites excluding steroid dienone is 1. The summed E-state index contributed by atoms with van der Waals surface area (Å²) in [7, 11) is 1.64. The number of hydrogen-bond donors (Lipinski definition) is 2. The molecule has 0 aliphatic rings. The summed E-state index contributed by atoms with van der Waals surface area (Å²) in [6, 6.07) is 0. The topological polar surface area (TPSA) is 73.6 Å². The van der Waals surface area contributed by atoms with Gasteiger partial charge in [0.05, 0.1) is 17.8 Å². The number of aliphatic imine (C=N–C) groups is 1. The van der Waals surface area contributed by atoms with Crippen LogP contribution in [0.2, 0.25) is 0 Å². The SMILES string of the molecule is COCC(C)(C)N=CC(N)=CN. The van der Waals surface area contributed by atoms with Gasteiger partial charge >= 0.3 is 0 Å². The Hall–Kier alpha value is -1.03. The van der Waals surface area contributed by atoms with E-state index in [0.29, 0.717) is 12.3 Å². The van der Waals surface area contributed by atoms with Gasteiger partial charge in [0.1, 0.15) is 0 Å². The maximum absolute atomic E-state index is 5.42. The van der Waals surface area contributed by atoms with Crippen LogP contribution in [0.3, 0.4) is 0 Å². The maximum atomic E-state index is 5.42. The summed E-state index contributed by atoms with van der Waals surface area (Å²) in [5.41, 5.74) is 10.8. The standard InChI is InChI=1S/C8H17N3O/c1-8(2,6-12-3)11-5-7(10)4-9/h4-5H,6,9-10H2,1-3H3. The fourth-order valence-electron chi connectivity index (χ4n) is 0.683. The molecule has 0 atom stereocenters. The van der Waals surface area contributed by atoms with Crippen LogP contribution in [-0.4, -0.2) is 25.5 Å². The average molecular weight is 171 g/mol. The predicted molar refractivity (Wildman–Crippen MR) is 50.9 cm³/mol. The zero-order chi connectivity index (χ0) is 9.61. The van der Waals surface area contributed by atoms with Gasteiger partial charge < -0.3 is 16.2 Å². The molecular weight excluding hydrogens is 154 g/mol. The largest absolute Gasteiger partial charge is 0.403 e. The lowest BCUT2D eigenvalue weighted by molar-refractivity contribution is 0.151. The Kier molecular flexibility index (Phi) is 4.36. The van der Waals surface area contributed by atoms with E-state index in [1.165, 1.54) is 6.20 Å². The average Bonchev–Trinajstić information content (AvgIpc) is 2.00. The van der Waals surface area contributed by atoms with Crippen molar-refractivity contribution in [2.75, 3.05) is 13.7 Å². The van der Waals surface area contributed by atoms with E-state index >= 15 is 0 Å². The van der Waals surface area contributed by atoms with Crippen molar-refractivity contribution >= 4 is 6.21 Å². The van der Waals surface area contributed by atoms with E-state index in [1.807, 2.05) is 13.8 Å². The Morgan fingerprint density at radius 2 is 2.17 bits per heavy atom. The van der Waals surface area contributed by atoms with Gasteiger partial charge in [-0.2, -0.15) is 0 Å². The molecule has 0 aromatic rings. The summed E-state index contributed by atoms with van der Waals surface area (Å²) in [5.74, 6) is 0. The van der Waals surface area contributed by atoms with Gasteiger partial charge in [0.25, 0.3) is 0 Å². The molecule has 0 aromatic carbocycles. The van der Waals surface area contributed by atoms with Crippen LogP contribution in [0.5, 0.6) is 0 Å². The minimum absolute atomic E-state index is 0.248. The maximum Gasteiger partial charge on any atom is 0.0785 e. The van der Waals surface area contributed by atoms with Crippen LogP contribution in [0.25, 0.3) is 0 Å². The first kappa shape index (κ1) is 11.0. The van der Waals surface area contributed by atoms with Gasteiger partial charge in [-0.3, -0.25) is 4.99 Å². The molecule has 0 fully saturated rings. The molecule has 0 saturated carbocycles. The van der Waals surface area contributed by atoms with Crippen molar-refractivity contribution in [1.82, 2.24) is 0 Å². The van der Waals surface area contributed by atoms with E-state index in [2.05, 4.69) is 4.99 Å². The van der Waals surface area contributed by atoms with Gasteiger partial charge in [0, 0.05) is 19.5 Å². The molecule has 0 spiro atoms. The molecule has 4 heteroatoms. The summed E-state index contributed by atoms with van der Waals surface area (Å²) in [5, 5.41) is 0. The third kappa shape index (κ3) is 4.73. The molecule has 0 aromatic heterocycles. The Bertz CT molecular complexity index is 185. The molecule has 0 saturated heterocycles. The van der Waals surface area contributed by atoms with Crippen LogP contribution >= 0.6 is 0 Å². The van der Waals surface area contributed by atoms with Crippen molar-refractivity contribution in [1.29, 1.82) is 0 Å². The van der Waals surface area contributed by atoms with Crippen molar-refractivity contribution in [3.8, 4) is 0 Å². The first-order valence-corrected chi connectivity index (χ1v) is 3.73. The lowest BCUT2D eigenvalue weighted by Gasteiger charge is -2.17. The second-order valence-electron chi connectivity index (χ2n) is 3.17. The number of hydrogen-bond acceptors (Lipinski definition) is 4. The Morgan fingerprint density at radius 3 is 2.58 bits per heavy atom. The molecule has 0 bridgehead atoms. The molecule has 0 rings (SSSR count). The molecule has 70 valence electrons. The first-order chi connectivity index (χ1) is 5.52. The summed E-state index contributed by atoms with van der Waals surface area (Å²) in [4.78, 5) is 4.19. The lowest BCUT2D eigenvalue weighted by atomic mass is 10.1. The Balaban J connectivity index is 4.13. The fourth-order valence-corrected chi connectivity index (χ4v) is 0.683. The summed E-state index contributed by atoms with van der Waals surface area (Å²) in [6.07, 6.45) is 2.85. The highest BCUT2D eigenvalue weighted by Crippen LogP contribution is 2.07. The second-order valence-corrected chi connectivity index (χ2v) is 3.17. The van der Waals surface area contributed by atoms with E-state index in [1.54, 1.807) is 13.3 Å². The van der Waals surface area contributed by atoms with E-state index < -0.39 is 0 Å². The van der Waals surface area contributed by atoms with E-state index in [9.17, 15) is 0 Å². The number of nitrogens with zero attached hydrogens (tertiary/aromatic N) is 1. The Labute approximate surface area is 73.3 Å². The van der Waals surface area contributed by atoms with Crippen molar-refractivity contribution in [2.24, 2.45) is 16.5 Å². The number of ether oxygens (including phenoxy) is 1. The van der Waals surface area contributed by atoms with E-state index in [0.717, 1.165) is 0 Å². The second kappa shape index (κ2) is 4.77. The zero-order valence-corrected chi connectivity index (χ0v) is 7.87. The molecule has 0 amide bonds. The minimum Gasteiger partial charge on any atom is -0.403 e. The first-order valence-electron chi connectivity index (χ1n) is 3.73. The number of methoxy groups -OCH3 is 1. The van der Waals surface area contributed by atoms with Crippen LogP contribution in [0.1, 0.15) is 13.8 Å². The zero-order valence-electron chi connectivity index (χ0n) is 7.87. The van der Waals surface area contributed by atoms with Crippen molar-refractivity contribution in [2.45, 2.75) is 19.4 Å². The molecule has 0 radical (unpaired) electrons. The minimum atomic E-state index is -0.248. The van der Waals surface area contributed by atoms with Crippen molar-refractivity contribution < 1.29 is 4.74 Å². The normalized spacial score (nSPS) is 14.1. The highest BCUT2D eigenvalue weighted by atomic mass is 16.5. The van der Waals surface area contributed by atoms with Crippen LogP contribution in [0.15, 0.2) is 16.9 Å².